The van der Waals surface area contributed by atoms with Crippen LogP contribution in [0.2, 0.25) is 0 Å². The summed E-state index contributed by atoms with van der Waals surface area (Å²) in [6, 6.07) is 12.9. The fraction of sp³-hybridized carbons (Fsp3) is 0.346. The van der Waals surface area contributed by atoms with Gasteiger partial charge in [0.15, 0.2) is 23.7 Å². The van der Waals surface area contributed by atoms with Gasteiger partial charge in [0.1, 0.15) is 31.2 Å². The molecule has 2 unspecified atom stereocenters. The number of nitrogens with one attached hydrogen (secondary N) is 1. The molecule has 0 radical (unpaired) electrons. The molecule has 3 aromatic rings. The van der Waals surface area contributed by atoms with E-state index >= 15 is 4.39 Å². The van der Waals surface area contributed by atoms with E-state index in [-0.39, 0.29) is 12.4 Å². The number of nitrogens with zero attached hydrogens (tertiary/aromatic N) is 2. The summed E-state index contributed by atoms with van der Waals surface area (Å²) in [5.74, 6) is -1.15. The third-order valence-corrected chi connectivity index (χ3v) is 7.40. The second kappa shape index (κ2) is 12.8. The Labute approximate surface area is 232 Å². The van der Waals surface area contributed by atoms with Gasteiger partial charge < -0.3 is 14.6 Å². The summed E-state index contributed by atoms with van der Waals surface area (Å²) in [7, 11) is -2.90. The van der Waals surface area contributed by atoms with Crippen LogP contribution >= 0.6 is 8.18 Å². The first-order valence-corrected chi connectivity index (χ1v) is 13.5. The van der Waals surface area contributed by atoms with Crippen molar-refractivity contribution < 1.29 is 42.1 Å². The molecule has 2 heterocycles. The largest absolute Gasteiger partial charge is 0.693 e. The number of hydroxylamine groups is 1. The molecule has 1 saturated heterocycles. The number of hydrogen-bond donors (Lipinski definition) is 2. The number of aromatic nitrogens is 2. The first-order valence-electron chi connectivity index (χ1n) is 12.3. The Balaban J connectivity index is 1.49. The number of benzene rings is 2. The summed E-state index contributed by atoms with van der Waals surface area (Å²) in [6.07, 6.45) is -3.85. The number of aliphatic hydroxyl groups is 1. The topological polar surface area (TPSA) is 149 Å². The zero-order valence-electron chi connectivity index (χ0n) is 21.9. The molecular formula is C26H27F2N3O9P+. The lowest BCUT2D eigenvalue weighted by Crippen LogP contribution is -2.44. The van der Waals surface area contributed by atoms with Crippen molar-refractivity contribution in [3.8, 4) is 5.75 Å². The highest BCUT2D eigenvalue weighted by atomic mass is 31.1. The Morgan fingerprint density at radius 3 is 2.54 bits per heavy atom. The van der Waals surface area contributed by atoms with E-state index in [1.807, 2.05) is 4.98 Å². The maximum absolute atomic E-state index is 15.6. The average Bonchev–Trinajstić information content (AvgIpc) is 3.16. The van der Waals surface area contributed by atoms with Gasteiger partial charge in [-0.05, 0) is 43.7 Å². The van der Waals surface area contributed by atoms with E-state index in [0.717, 1.165) is 23.8 Å². The predicted molar refractivity (Wildman–Crippen MR) is 139 cm³/mol. The number of rotatable bonds is 11. The van der Waals surface area contributed by atoms with Crippen LogP contribution in [0.25, 0.3) is 0 Å². The Hall–Kier alpha value is -3.81. The van der Waals surface area contributed by atoms with Crippen molar-refractivity contribution in [1.29, 1.82) is 0 Å². The number of alkyl halides is 1. The maximum Gasteiger partial charge on any atom is 0.693 e. The summed E-state index contributed by atoms with van der Waals surface area (Å²) in [5, 5.41) is 10.6. The summed E-state index contributed by atoms with van der Waals surface area (Å²) in [6.45, 7) is 1.49. The van der Waals surface area contributed by atoms with Gasteiger partial charge in [0.25, 0.3) is 5.56 Å². The van der Waals surface area contributed by atoms with Crippen molar-refractivity contribution in [2.75, 3.05) is 6.61 Å². The second-order valence-electron chi connectivity index (χ2n) is 9.29. The minimum absolute atomic E-state index is 0.195. The smallest absolute Gasteiger partial charge is 0.459 e. The number of ether oxygens (including phenoxy) is 2. The van der Waals surface area contributed by atoms with E-state index in [1.165, 1.54) is 43.3 Å². The minimum Gasteiger partial charge on any atom is -0.459 e. The third-order valence-electron chi connectivity index (χ3n) is 6.25. The standard InChI is InChI=1S/C26H26F2N3O9P/c1-16(23(34)37-14-17-8-10-18(27)11-9-17)31(41(36)40-19-6-4-3-5-7-19)38-15-20-22(33)26(2,28)24(39-20)30-13-12-21(32)29-25(30)35/h3-13,16,20,22,24,33H,14-15H2,1-2H3/p+1/t16?,20-,22-,24-,26-/m1/s1. The molecule has 41 heavy (non-hydrogen) atoms. The van der Waals surface area contributed by atoms with Gasteiger partial charge in [0.2, 0.25) is 0 Å². The predicted octanol–water partition coefficient (Wildman–Crippen LogP) is 2.76. The normalized spacial score (nSPS) is 23.3. The van der Waals surface area contributed by atoms with Crippen molar-refractivity contribution in [2.45, 2.75) is 50.6 Å². The van der Waals surface area contributed by atoms with Gasteiger partial charge in [-0.15, -0.1) is 0 Å². The van der Waals surface area contributed by atoms with Gasteiger partial charge in [-0.3, -0.25) is 24.0 Å². The van der Waals surface area contributed by atoms with Gasteiger partial charge in [-0.2, -0.15) is 0 Å². The average molecular weight is 594 g/mol. The highest BCUT2D eigenvalue weighted by molar-refractivity contribution is 7.36. The zero-order valence-corrected chi connectivity index (χ0v) is 22.8. The molecule has 1 aliphatic heterocycles. The van der Waals surface area contributed by atoms with Crippen LogP contribution in [0.3, 0.4) is 0 Å². The molecule has 2 aromatic carbocycles. The van der Waals surface area contributed by atoms with Crippen molar-refractivity contribution in [3.05, 3.63) is 99.1 Å². The second-order valence-corrected chi connectivity index (χ2v) is 10.3. The quantitative estimate of drug-likeness (QED) is 0.193. The number of carbonyl (C=O) groups excluding carboxylic acids is 1. The molecule has 1 fully saturated rings. The van der Waals surface area contributed by atoms with E-state index < -0.39 is 68.0 Å². The third kappa shape index (κ3) is 7.10. The van der Waals surface area contributed by atoms with Crippen LogP contribution < -0.4 is 15.8 Å². The first kappa shape index (κ1) is 30.2. The van der Waals surface area contributed by atoms with Crippen LogP contribution in [-0.2, 0) is 30.3 Å². The molecule has 0 spiro atoms. The lowest BCUT2D eigenvalue weighted by atomic mass is 9.98. The number of H-pyrrole nitrogens is 1. The molecule has 2 N–H and O–H groups in total. The van der Waals surface area contributed by atoms with Crippen LogP contribution in [-0.4, -0.2) is 56.0 Å². The van der Waals surface area contributed by atoms with Gasteiger partial charge >= 0.3 is 19.8 Å². The Kier molecular flexibility index (Phi) is 9.41. The summed E-state index contributed by atoms with van der Waals surface area (Å²) in [5.41, 5.74) is -3.68. The fourth-order valence-corrected chi connectivity index (χ4v) is 4.89. The number of para-hydroxylation sites is 1. The number of carbonyl (C=O) groups is 1. The molecule has 0 saturated carbocycles. The molecule has 0 amide bonds. The van der Waals surface area contributed by atoms with Crippen molar-refractivity contribution in [1.82, 2.24) is 14.4 Å². The maximum atomic E-state index is 15.6. The SMILES string of the molecule is CC(C(=O)OCc1ccc(F)cc1)N(OC[C@H]1O[C@@H](n2ccc(=O)[nH]c2=O)[C@](C)(F)[C@@H]1O)[P+](=O)Oc1ccccc1. The molecular weight excluding hydrogens is 567 g/mol. The van der Waals surface area contributed by atoms with E-state index in [0.29, 0.717) is 10.4 Å². The van der Waals surface area contributed by atoms with Gasteiger partial charge in [0.05, 0.1) is 4.83 Å². The lowest BCUT2D eigenvalue weighted by molar-refractivity contribution is -0.181. The number of esters is 1. The number of hydrogen-bond acceptors (Lipinski definition) is 9. The summed E-state index contributed by atoms with van der Waals surface area (Å²) >= 11 is 0. The lowest BCUT2D eigenvalue weighted by Gasteiger charge is -2.24. The van der Waals surface area contributed by atoms with Gasteiger partial charge in [-0.1, -0.05) is 30.3 Å². The van der Waals surface area contributed by atoms with Crippen LogP contribution in [0.4, 0.5) is 8.78 Å². The Morgan fingerprint density at radius 1 is 1.20 bits per heavy atom. The van der Waals surface area contributed by atoms with E-state index in [9.17, 15) is 28.4 Å². The minimum atomic E-state index is -2.90. The van der Waals surface area contributed by atoms with Crippen LogP contribution in [0.1, 0.15) is 25.6 Å². The molecule has 0 bridgehead atoms. The number of aliphatic hydroxyl groups excluding tert-OH is 1. The van der Waals surface area contributed by atoms with Gasteiger partial charge in [0, 0.05) is 16.8 Å². The van der Waals surface area contributed by atoms with Crippen molar-refractivity contribution in [3.63, 3.8) is 0 Å². The molecule has 218 valence electrons. The molecule has 12 nitrogen and oxygen atoms in total. The Morgan fingerprint density at radius 2 is 1.88 bits per heavy atom. The van der Waals surface area contributed by atoms with Gasteiger partial charge in [-0.25, -0.2) is 18.1 Å². The molecule has 15 heteroatoms. The summed E-state index contributed by atoms with van der Waals surface area (Å²) < 4.78 is 58.9. The van der Waals surface area contributed by atoms with Crippen molar-refractivity contribution >= 4 is 14.1 Å². The summed E-state index contributed by atoms with van der Waals surface area (Å²) in [4.78, 5) is 44.7. The van der Waals surface area contributed by atoms with Crippen molar-refractivity contribution in [2.24, 2.45) is 0 Å². The van der Waals surface area contributed by atoms with Crippen LogP contribution in [0, 0.1) is 5.82 Å². The van der Waals surface area contributed by atoms with E-state index in [1.54, 1.807) is 18.2 Å². The number of halogens is 2. The molecule has 4 rings (SSSR count). The first-order chi connectivity index (χ1) is 19.5. The molecule has 0 aliphatic carbocycles. The number of aromatic amines is 1. The van der Waals surface area contributed by atoms with Crippen LogP contribution in [0.15, 0.2) is 76.4 Å². The Bertz CT molecular complexity index is 1480. The fourth-order valence-electron chi connectivity index (χ4n) is 3.97. The highest BCUT2D eigenvalue weighted by Gasteiger charge is 2.56. The molecule has 1 aliphatic rings. The monoisotopic (exact) mass is 594 g/mol. The zero-order chi connectivity index (χ0) is 29.7. The molecule has 6 atom stereocenters. The van der Waals surface area contributed by atoms with E-state index in [4.69, 9.17) is 18.8 Å². The highest BCUT2D eigenvalue weighted by Crippen LogP contribution is 2.41. The van der Waals surface area contributed by atoms with E-state index in [2.05, 4.69) is 0 Å². The van der Waals surface area contributed by atoms with Crippen LogP contribution in [0.5, 0.6) is 5.75 Å². The molecule has 1 aromatic heterocycles.